The molecule has 1 aromatic heterocycles. The molecule has 1 atom stereocenters. The normalized spacial score (nSPS) is 23.9. The van der Waals surface area contributed by atoms with Crippen LogP contribution in [0.3, 0.4) is 0 Å². The molecular formula is C17H23N3. The van der Waals surface area contributed by atoms with E-state index in [0.717, 1.165) is 13.1 Å². The quantitative estimate of drug-likeness (QED) is 0.906. The van der Waals surface area contributed by atoms with E-state index in [1.54, 1.807) is 0 Å². The molecule has 3 heteroatoms. The molecule has 2 aromatic rings. The molecule has 1 saturated heterocycles. The van der Waals surface area contributed by atoms with E-state index in [1.165, 1.54) is 54.5 Å². The summed E-state index contributed by atoms with van der Waals surface area (Å²) < 4.78 is 2.32. The van der Waals surface area contributed by atoms with E-state index in [0.29, 0.717) is 11.8 Å². The molecule has 1 aliphatic heterocycles. The zero-order chi connectivity index (χ0) is 13.5. The van der Waals surface area contributed by atoms with Crippen molar-refractivity contribution in [3.05, 3.63) is 29.6 Å². The first-order chi connectivity index (χ1) is 9.83. The highest BCUT2D eigenvalue weighted by molar-refractivity contribution is 5.77. The highest BCUT2D eigenvalue weighted by Gasteiger charge is 2.23. The van der Waals surface area contributed by atoms with Gasteiger partial charge in [-0.25, -0.2) is 4.98 Å². The fraction of sp³-hybridized carbons (Fsp3) is 0.588. The maximum Gasteiger partial charge on any atom is 0.112 e. The van der Waals surface area contributed by atoms with Gasteiger partial charge in [-0.1, -0.05) is 18.9 Å². The van der Waals surface area contributed by atoms with Crippen molar-refractivity contribution in [2.75, 3.05) is 13.1 Å². The number of aromatic nitrogens is 2. The second-order valence-corrected chi connectivity index (χ2v) is 6.45. The number of benzene rings is 1. The van der Waals surface area contributed by atoms with E-state index in [1.807, 2.05) is 0 Å². The number of aryl methyl sites for hydroxylation is 1. The van der Waals surface area contributed by atoms with E-state index in [-0.39, 0.29) is 0 Å². The van der Waals surface area contributed by atoms with Crippen molar-refractivity contribution in [2.24, 2.45) is 7.05 Å². The van der Waals surface area contributed by atoms with Gasteiger partial charge in [0.1, 0.15) is 5.82 Å². The van der Waals surface area contributed by atoms with Gasteiger partial charge in [-0.15, -0.1) is 0 Å². The van der Waals surface area contributed by atoms with Gasteiger partial charge in [-0.2, -0.15) is 0 Å². The van der Waals surface area contributed by atoms with Crippen LogP contribution in [0.4, 0.5) is 0 Å². The van der Waals surface area contributed by atoms with Crippen molar-refractivity contribution in [2.45, 2.75) is 43.9 Å². The molecule has 2 heterocycles. The van der Waals surface area contributed by atoms with Crippen molar-refractivity contribution in [3.8, 4) is 0 Å². The lowest BCUT2D eigenvalue weighted by molar-refractivity contribution is 0.639. The molecule has 1 aliphatic carbocycles. The lowest BCUT2D eigenvalue weighted by atomic mass is 9.98. The van der Waals surface area contributed by atoms with Gasteiger partial charge in [0.05, 0.1) is 11.0 Å². The third kappa shape index (κ3) is 1.96. The first kappa shape index (κ1) is 12.4. The Labute approximate surface area is 120 Å². The number of nitrogens with one attached hydrogen (secondary N) is 1. The lowest BCUT2D eigenvalue weighted by Gasteiger charge is -2.09. The van der Waals surface area contributed by atoms with Crippen molar-refractivity contribution >= 4 is 11.0 Å². The third-order valence-corrected chi connectivity index (χ3v) is 5.19. The van der Waals surface area contributed by atoms with Crippen LogP contribution in [0.15, 0.2) is 18.2 Å². The van der Waals surface area contributed by atoms with Gasteiger partial charge in [0, 0.05) is 19.5 Å². The molecule has 0 bridgehead atoms. The summed E-state index contributed by atoms with van der Waals surface area (Å²) in [5.41, 5.74) is 3.94. The average Bonchev–Trinajstić information content (AvgIpc) is 3.19. The number of hydrogen-bond donors (Lipinski definition) is 1. The van der Waals surface area contributed by atoms with Gasteiger partial charge in [0.2, 0.25) is 0 Å². The Morgan fingerprint density at radius 3 is 2.75 bits per heavy atom. The second-order valence-electron chi connectivity index (χ2n) is 6.45. The van der Waals surface area contributed by atoms with Gasteiger partial charge in [0.15, 0.2) is 0 Å². The molecule has 3 nitrogen and oxygen atoms in total. The second kappa shape index (κ2) is 4.88. The van der Waals surface area contributed by atoms with Crippen molar-refractivity contribution in [1.29, 1.82) is 0 Å². The zero-order valence-electron chi connectivity index (χ0n) is 12.2. The monoisotopic (exact) mass is 269 g/mol. The van der Waals surface area contributed by atoms with E-state index in [9.17, 15) is 0 Å². The summed E-state index contributed by atoms with van der Waals surface area (Å²) in [4.78, 5) is 4.97. The van der Waals surface area contributed by atoms with Crippen LogP contribution in [-0.4, -0.2) is 22.6 Å². The highest BCUT2D eigenvalue weighted by Crippen LogP contribution is 2.35. The Bertz CT molecular complexity index is 616. The number of rotatable bonds is 2. The Hall–Kier alpha value is -1.35. The summed E-state index contributed by atoms with van der Waals surface area (Å²) in [7, 11) is 2.18. The van der Waals surface area contributed by atoms with Crippen LogP contribution in [0.25, 0.3) is 11.0 Å². The molecule has 1 unspecified atom stereocenters. The summed E-state index contributed by atoms with van der Waals surface area (Å²) in [5, 5.41) is 3.45. The molecule has 20 heavy (non-hydrogen) atoms. The van der Waals surface area contributed by atoms with Crippen LogP contribution in [0.5, 0.6) is 0 Å². The van der Waals surface area contributed by atoms with Crippen molar-refractivity contribution in [1.82, 2.24) is 14.9 Å². The molecule has 1 aromatic carbocycles. The molecule has 1 saturated carbocycles. The van der Waals surface area contributed by atoms with E-state index < -0.39 is 0 Å². The molecule has 1 N–H and O–H groups in total. The van der Waals surface area contributed by atoms with Crippen LogP contribution >= 0.6 is 0 Å². The van der Waals surface area contributed by atoms with Gasteiger partial charge in [-0.05, 0) is 49.4 Å². The predicted molar refractivity (Wildman–Crippen MR) is 82.2 cm³/mol. The Kier molecular flexibility index (Phi) is 3.03. The molecule has 2 fully saturated rings. The number of fused-ring (bicyclic) bond motifs is 1. The minimum absolute atomic E-state index is 0.677. The summed E-state index contributed by atoms with van der Waals surface area (Å²) in [6, 6.07) is 6.90. The van der Waals surface area contributed by atoms with E-state index >= 15 is 0 Å². The first-order valence-corrected chi connectivity index (χ1v) is 8.00. The minimum Gasteiger partial charge on any atom is -0.331 e. The third-order valence-electron chi connectivity index (χ3n) is 5.19. The smallest absolute Gasteiger partial charge is 0.112 e. The first-order valence-electron chi connectivity index (χ1n) is 8.00. The summed E-state index contributed by atoms with van der Waals surface area (Å²) in [6.07, 6.45) is 6.63. The molecule has 0 radical (unpaired) electrons. The molecule has 106 valence electrons. The number of imidazole rings is 1. The highest BCUT2D eigenvalue weighted by atomic mass is 15.1. The maximum atomic E-state index is 4.97. The van der Waals surface area contributed by atoms with Crippen LogP contribution in [-0.2, 0) is 7.05 Å². The van der Waals surface area contributed by atoms with Crippen molar-refractivity contribution in [3.63, 3.8) is 0 Å². The van der Waals surface area contributed by atoms with Crippen LogP contribution < -0.4 is 5.32 Å². The van der Waals surface area contributed by atoms with Crippen LogP contribution in [0.1, 0.15) is 55.3 Å². The molecule has 0 amide bonds. The lowest BCUT2D eigenvalue weighted by Crippen LogP contribution is -2.07. The zero-order valence-corrected chi connectivity index (χ0v) is 12.2. The number of hydrogen-bond acceptors (Lipinski definition) is 2. The maximum absolute atomic E-state index is 4.97. The van der Waals surface area contributed by atoms with Gasteiger partial charge in [0.25, 0.3) is 0 Å². The van der Waals surface area contributed by atoms with E-state index in [2.05, 4.69) is 35.1 Å². The topological polar surface area (TPSA) is 29.9 Å². The average molecular weight is 269 g/mol. The largest absolute Gasteiger partial charge is 0.331 e. The van der Waals surface area contributed by atoms with Gasteiger partial charge in [-0.3, -0.25) is 0 Å². The van der Waals surface area contributed by atoms with Crippen LogP contribution in [0.2, 0.25) is 0 Å². The molecular weight excluding hydrogens is 246 g/mol. The predicted octanol–water partition coefficient (Wildman–Crippen LogP) is 3.31. The van der Waals surface area contributed by atoms with Gasteiger partial charge >= 0.3 is 0 Å². The minimum atomic E-state index is 0.677. The molecule has 0 spiro atoms. The summed E-state index contributed by atoms with van der Waals surface area (Å²) in [5.74, 6) is 2.67. The van der Waals surface area contributed by atoms with Crippen LogP contribution in [0, 0.1) is 0 Å². The fourth-order valence-corrected chi connectivity index (χ4v) is 3.98. The summed E-state index contributed by atoms with van der Waals surface area (Å²) >= 11 is 0. The van der Waals surface area contributed by atoms with E-state index in [4.69, 9.17) is 4.98 Å². The SMILES string of the molecule is Cn1c(C2CCCC2)nc2cc(C3CCNC3)ccc21. The molecule has 2 aliphatic rings. The van der Waals surface area contributed by atoms with Crippen molar-refractivity contribution < 1.29 is 0 Å². The Balaban J connectivity index is 1.74. The Morgan fingerprint density at radius 2 is 2.00 bits per heavy atom. The molecule has 4 rings (SSSR count). The summed E-state index contributed by atoms with van der Waals surface area (Å²) in [6.45, 7) is 2.27. The standard InChI is InChI=1S/C17H23N3/c1-20-16-7-6-13(14-8-9-18-11-14)10-15(16)19-17(20)12-4-2-3-5-12/h6-7,10,12,14,18H,2-5,8-9,11H2,1H3. The number of nitrogens with zero attached hydrogens (tertiary/aromatic N) is 2. The van der Waals surface area contributed by atoms with Gasteiger partial charge < -0.3 is 9.88 Å². The fourth-order valence-electron chi connectivity index (χ4n) is 3.98. The Morgan fingerprint density at radius 1 is 1.15 bits per heavy atom.